The van der Waals surface area contributed by atoms with Gasteiger partial charge in [-0.15, -0.1) is 6.58 Å². The van der Waals surface area contributed by atoms with E-state index in [0.29, 0.717) is 0 Å². The second kappa shape index (κ2) is 3.02. The number of hydrogen-bond donors (Lipinski definition) is 1. The van der Waals surface area contributed by atoms with Crippen LogP contribution in [0.25, 0.3) is 0 Å². The first kappa shape index (κ1) is 6.81. The lowest BCUT2D eigenvalue weighted by Gasteiger charge is -2.12. The van der Waals surface area contributed by atoms with Crippen molar-refractivity contribution in [1.29, 1.82) is 0 Å². The summed E-state index contributed by atoms with van der Waals surface area (Å²) in [6.07, 6.45) is 7.23. The summed E-state index contributed by atoms with van der Waals surface area (Å²) in [6.45, 7) is 3.68. The van der Waals surface area contributed by atoms with Crippen LogP contribution in [-0.2, 0) is 0 Å². The minimum absolute atomic E-state index is 0.257. The Labute approximate surface area is 56.9 Å². The van der Waals surface area contributed by atoms with Crippen molar-refractivity contribution in [3.63, 3.8) is 0 Å². The third-order valence-electron chi connectivity index (χ3n) is 2.22. The standard InChI is InChI=1S/C8H15N/c1-2-8(9)7-5-3-4-6-7/h2,7-8H,1,3-6,9H2/t8-/m1/s1. The molecule has 0 saturated heterocycles. The highest BCUT2D eigenvalue weighted by Gasteiger charge is 2.18. The largest absolute Gasteiger partial charge is 0.324 e. The van der Waals surface area contributed by atoms with Crippen LogP contribution in [0.2, 0.25) is 0 Å². The normalized spacial score (nSPS) is 24.1. The maximum absolute atomic E-state index is 5.76. The molecule has 1 atom stereocenters. The molecular formula is C8H15N. The SMILES string of the molecule is C=C[C@@H](N)C1CCCC1. The average Bonchev–Trinajstić information content (AvgIpc) is 2.37. The molecule has 0 aromatic heterocycles. The molecule has 0 spiro atoms. The van der Waals surface area contributed by atoms with Crippen molar-refractivity contribution in [2.75, 3.05) is 0 Å². The van der Waals surface area contributed by atoms with Crippen LogP contribution < -0.4 is 5.73 Å². The van der Waals surface area contributed by atoms with Gasteiger partial charge in [0.15, 0.2) is 0 Å². The van der Waals surface area contributed by atoms with E-state index in [1.54, 1.807) is 0 Å². The van der Waals surface area contributed by atoms with Gasteiger partial charge in [0.25, 0.3) is 0 Å². The van der Waals surface area contributed by atoms with Crippen LogP contribution in [0.4, 0.5) is 0 Å². The Morgan fingerprint density at radius 3 is 2.44 bits per heavy atom. The average molecular weight is 125 g/mol. The molecule has 0 heterocycles. The molecule has 0 unspecified atom stereocenters. The van der Waals surface area contributed by atoms with Gasteiger partial charge in [-0.1, -0.05) is 18.9 Å². The molecule has 52 valence electrons. The molecule has 0 aromatic rings. The molecule has 0 aliphatic heterocycles. The van der Waals surface area contributed by atoms with Gasteiger partial charge in [0.1, 0.15) is 0 Å². The van der Waals surface area contributed by atoms with Gasteiger partial charge in [-0.05, 0) is 18.8 Å². The van der Waals surface area contributed by atoms with Gasteiger partial charge in [0.05, 0.1) is 0 Å². The molecule has 0 aromatic carbocycles. The third-order valence-corrected chi connectivity index (χ3v) is 2.22. The van der Waals surface area contributed by atoms with E-state index in [9.17, 15) is 0 Å². The van der Waals surface area contributed by atoms with Crippen molar-refractivity contribution in [1.82, 2.24) is 0 Å². The molecule has 1 aliphatic rings. The van der Waals surface area contributed by atoms with E-state index < -0.39 is 0 Å². The van der Waals surface area contributed by atoms with Crippen LogP contribution in [0.1, 0.15) is 25.7 Å². The second-order valence-electron chi connectivity index (χ2n) is 2.86. The van der Waals surface area contributed by atoms with Crippen molar-refractivity contribution in [3.8, 4) is 0 Å². The fourth-order valence-electron chi connectivity index (χ4n) is 1.53. The molecule has 1 aliphatic carbocycles. The molecular weight excluding hydrogens is 110 g/mol. The molecule has 1 saturated carbocycles. The van der Waals surface area contributed by atoms with Crippen LogP contribution >= 0.6 is 0 Å². The summed E-state index contributed by atoms with van der Waals surface area (Å²) in [5.41, 5.74) is 5.76. The first-order valence-corrected chi connectivity index (χ1v) is 3.72. The molecule has 2 N–H and O–H groups in total. The van der Waals surface area contributed by atoms with Gasteiger partial charge >= 0.3 is 0 Å². The third kappa shape index (κ3) is 1.55. The van der Waals surface area contributed by atoms with E-state index in [1.807, 2.05) is 6.08 Å². The molecule has 1 fully saturated rings. The summed E-state index contributed by atoms with van der Waals surface area (Å²) in [4.78, 5) is 0. The lowest BCUT2D eigenvalue weighted by Crippen LogP contribution is -2.25. The zero-order valence-electron chi connectivity index (χ0n) is 5.84. The molecule has 0 radical (unpaired) electrons. The van der Waals surface area contributed by atoms with E-state index in [0.717, 1.165) is 5.92 Å². The van der Waals surface area contributed by atoms with E-state index in [1.165, 1.54) is 25.7 Å². The molecule has 1 nitrogen and oxygen atoms in total. The maximum atomic E-state index is 5.76. The molecule has 1 rings (SSSR count). The highest BCUT2D eigenvalue weighted by molar-refractivity contribution is 4.90. The van der Waals surface area contributed by atoms with Crippen molar-refractivity contribution in [2.24, 2.45) is 11.7 Å². The van der Waals surface area contributed by atoms with Crippen molar-refractivity contribution < 1.29 is 0 Å². The number of nitrogens with two attached hydrogens (primary N) is 1. The minimum Gasteiger partial charge on any atom is -0.324 e. The lowest BCUT2D eigenvalue weighted by molar-refractivity contribution is 0.491. The Balaban J connectivity index is 2.32. The fraction of sp³-hybridized carbons (Fsp3) is 0.750. The smallest absolute Gasteiger partial charge is 0.0249 e. The summed E-state index contributed by atoms with van der Waals surface area (Å²) in [5, 5.41) is 0. The topological polar surface area (TPSA) is 26.0 Å². The van der Waals surface area contributed by atoms with Gasteiger partial charge in [0.2, 0.25) is 0 Å². The lowest BCUT2D eigenvalue weighted by atomic mass is 9.99. The van der Waals surface area contributed by atoms with E-state index in [2.05, 4.69) is 6.58 Å². The first-order valence-electron chi connectivity index (χ1n) is 3.72. The van der Waals surface area contributed by atoms with E-state index in [-0.39, 0.29) is 6.04 Å². The number of rotatable bonds is 2. The van der Waals surface area contributed by atoms with Gasteiger partial charge in [-0.3, -0.25) is 0 Å². The zero-order valence-corrected chi connectivity index (χ0v) is 5.84. The Hall–Kier alpha value is -0.300. The quantitative estimate of drug-likeness (QED) is 0.558. The summed E-state index contributed by atoms with van der Waals surface area (Å²) >= 11 is 0. The summed E-state index contributed by atoms with van der Waals surface area (Å²) in [7, 11) is 0. The predicted octanol–water partition coefficient (Wildman–Crippen LogP) is 1.69. The molecule has 9 heavy (non-hydrogen) atoms. The van der Waals surface area contributed by atoms with Gasteiger partial charge in [-0.2, -0.15) is 0 Å². The van der Waals surface area contributed by atoms with Crippen LogP contribution in [0.3, 0.4) is 0 Å². The van der Waals surface area contributed by atoms with Crippen molar-refractivity contribution in [2.45, 2.75) is 31.7 Å². The minimum atomic E-state index is 0.257. The molecule has 0 amide bonds. The molecule has 1 heteroatoms. The summed E-state index contributed by atoms with van der Waals surface area (Å²) in [6, 6.07) is 0.257. The van der Waals surface area contributed by atoms with Crippen molar-refractivity contribution >= 4 is 0 Å². The Morgan fingerprint density at radius 2 is 2.00 bits per heavy atom. The van der Waals surface area contributed by atoms with E-state index >= 15 is 0 Å². The summed E-state index contributed by atoms with van der Waals surface area (Å²) < 4.78 is 0. The first-order chi connectivity index (χ1) is 4.34. The Bertz CT molecular complexity index is 92.7. The second-order valence-corrected chi connectivity index (χ2v) is 2.86. The van der Waals surface area contributed by atoms with Crippen LogP contribution in [0.15, 0.2) is 12.7 Å². The van der Waals surface area contributed by atoms with Gasteiger partial charge in [0, 0.05) is 6.04 Å². The fourth-order valence-corrected chi connectivity index (χ4v) is 1.53. The van der Waals surface area contributed by atoms with Crippen LogP contribution in [0, 0.1) is 5.92 Å². The summed E-state index contributed by atoms with van der Waals surface area (Å²) in [5.74, 6) is 0.738. The Kier molecular flexibility index (Phi) is 2.29. The van der Waals surface area contributed by atoms with Crippen LogP contribution in [-0.4, -0.2) is 6.04 Å². The predicted molar refractivity (Wildman–Crippen MR) is 40.1 cm³/mol. The Morgan fingerprint density at radius 1 is 1.44 bits per heavy atom. The van der Waals surface area contributed by atoms with Crippen LogP contribution in [0.5, 0.6) is 0 Å². The van der Waals surface area contributed by atoms with Crippen molar-refractivity contribution in [3.05, 3.63) is 12.7 Å². The highest BCUT2D eigenvalue weighted by atomic mass is 14.6. The monoisotopic (exact) mass is 125 g/mol. The zero-order chi connectivity index (χ0) is 6.69. The molecule has 0 bridgehead atoms. The van der Waals surface area contributed by atoms with Gasteiger partial charge in [-0.25, -0.2) is 0 Å². The maximum Gasteiger partial charge on any atom is 0.0249 e. The number of hydrogen-bond acceptors (Lipinski definition) is 1. The van der Waals surface area contributed by atoms with E-state index in [4.69, 9.17) is 5.73 Å². The van der Waals surface area contributed by atoms with Gasteiger partial charge < -0.3 is 5.73 Å². The highest BCUT2D eigenvalue weighted by Crippen LogP contribution is 2.26.